The second-order valence-electron chi connectivity index (χ2n) is 8.21. The van der Waals surface area contributed by atoms with E-state index >= 15 is 0 Å². The molecule has 0 aliphatic rings. The number of nitrogens with zero attached hydrogens (tertiary/aromatic N) is 3. The van der Waals surface area contributed by atoms with Crippen LogP contribution in [0.15, 0.2) is 54.7 Å². The summed E-state index contributed by atoms with van der Waals surface area (Å²) in [5.74, 6) is 1.88. The summed E-state index contributed by atoms with van der Waals surface area (Å²) in [6.07, 6.45) is 2.53. The summed E-state index contributed by atoms with van der Waals surface area (Å²) in [5, 5.41) is 8.81. The zero-order valence-corrected chi connectivity index (χ0v) is 18.8. The van der Waals surface area contributed by atoms with E-state index < -0.39 is 0 Å². The number of fused-ring (bicyclic) bond motifs is 2. The minimum Gasteiger partial charge on any atom is -0.370 e. The predicted octanol–water partition coefficient (Wildman–Crippen LogP) is 5.97. The highest BCUT2D eigenvalue weighted by Crippen LogP contribution is 2.28. The van der Waals surface area contributed by atoms with Crippen molar-refractivity contribution in [3.63, 3.8) is 0 Å². The van der Waals surface area contributed by atoms with Gasteiger partial charge in [0, 0.05) is 35.3 Å². The fourth-order valence-electron chi connectivity index (χ4n) is 4.34. The number of nitrogens with one attached hydrogen (secondary N) is 3. The van der Waals surface area contributed by atoms with Crippen LogP contribution in [-0.2, 0) is 6.42 Å². The smallest absolute Gasteiger partial charge is 0.147 e. The van der Waals surface area contributed by atoms with Crippen LogP contribution in [0.3, 0.4) is 0 Å². The summed E-state index contributed by atoms with van der Waals surface area (Å²) in [5.41, 5.74) is 5.55. The third-order valence-corrected chi connectivity index (χ3v) is 5.84. The summed E-state index contributed by atoms with van der Waals surface area (Å²) >= 11 is 0. The number of aryl methyl sites for hydroxylation is 3. The highest BCUT2D eigenvalue weighted by molar-refractivity contribution is 5.91. The maximum atomic E-state index is 14.2. The number of halogens is 1. The minimum atomic E-state index is -0.219. The van der Waals surface area contributed by atoms with E-state index in [9.17, 15) is 4.39 Å². The van der Waals surface area contributed by atoms with Gasteiger partial charge >= 0.3 is 0 Å². The van der Waals surface area contributed by atoms with Crippen LogP contribution < -0.4 is 10.6 Å². The Hall–Kier alpha value is -4.00. The third-order valence-electron chi connectivity index (χ3n) is 5.84. The summed E-state index contributed by atoms with van der Waals surface area (Å²) in [6, 6.07) is 15.2. The summed E-state index contributed by atoms with van der Waals surface area (Å²) in [6.45, 7) is 6.53. The van der Waals surface area contributed by atoms with Crippen LogP contribution in [0.1, 0.15) is 22.6 Å². The number of hydrogen-bond acceptors (Lipinski definition) is 5. The van der Waals surface area contributed by atoms with E-state index in [1.165, 1.54) is 6.07 Å². The van der Waals surface area contributed by atoms with Crippen LogP contribution in [-0.4, -0.2) is 26.5 Å². The van der Waals surface area contributed by atoms with E-state index in [1.807, 2.05) is 63.2 Å². The second-order valence-corrected chi connectivity index (χ2v) is 8.21. The van der Waals surface area contributed by atoms with Gasteiger partial charge in [-0.3, -0.25) is 4.98 Å². The standard InChI is InChI=1S/C26H25FN6/c1-15-9-10-20(27)26-24(15)19(16(2)30-26)11-13-28-22-14-23(32-17(3)31-22)33-21-8-4-6-18-7-5-12-29-25(18)21/h4-10,12,14,30H,11,13H2,1-3H3,(H2,28,31,32,33). The van der Waals surface area contributed by atoms with E-state index in [0.29, 0.717) is 23.7 Å². The number of para-hydroxylation sites is 1. The molecule has 3 N–H and O–H groups in total. The van der Waals surface area contributed by atoms with E-state index in [0.717, 1.165) is 51.0 Å². The Balaban J connectivity index is 1.35. The highest BCUT2D eigenvalue weighted by Gasteiger charge is 2.14. The molecule has 5 aromatic rings. The molecule has 33 heavy (non-hydrogen) atoms. The molecule has 0 amide bonds. The number of H-pyrrole nitrogens is 1. The first kappa shape index (κ1) is 20.9. The van der Waals surface area contributed by atoms with Crippen LogP contribution in [0.2, 0.25) is 0 Å². The largest absolute Gasteiger partial charge is 0.370 e. The van der Waals surface area contributed by atoms with Crippen molar-refractivity contribution in [1.82, 2.24) is 19.9 Å². The number of benzene rings is 2. The zero-order chi connectivity index (χ0) is 22.9. The summed E-state index contributed by atoms with van der Waals surface area (Å²) < 4.78 is 14.2. The quantitative estimate of drug-likeness (QED) is 0.303. The van der Waals surface area contributed by atoms with E-state index in [2.05, 4.69) is 30.6 Å². The molecule has 6 nitrogen and oxygen atoms in total. The predicted molar refractivity (Wildman–Crippen MR) is 132 cm³/mol. The molecule has 166 valence electrons. The molecule has 7 heteroatoms. The summed E-state index contributed by atoms with van der Waals surface area (Å²) in [4.78, 5) is 16.8. The average Bonchev–Trinajstić information content (AvgIpc) is 3.14. The third kappa shape index (κ3) is 4.09. The molecule has 2 aromatic carbocycles. The van der Waals surface area contributed by atoms with Gasteiger partial charge in [-0.15, -0.1) is 0 Å². The van der Waals surface area contributed by atoms with Gasteiger partial charge in [0.1, 0.15) is 23.3 Å². The molecule has 3 heterocycles. The van der Waals surface area contributed by atoms with Crippen LogP contribution in [0, 0.1) is 26.6 Å². The lowest BCUT2D eigenvalue weighted by atomic mass is 10.0. The fraction of sp³-hybridized carbons (Fsp3) is 0.192. The van der Waals surface area contributed by atoms with E-state index in [1.54, 1.807) is 6.20 Å². The van der Waals surface area contributed by atoms with Gasteiger partial charge in [-0.2, -0.15) is 0 Å². The first-order chi connectivity index (χ1) is 16.0. The number of aromatic amines is 1. The van der Waals surface area contributed by atoms with E-state index in [-0.39, 0.29) is 5.82 Å². The van der Waals surface area contributed by atoms with Crippen LogP contribution in [0.4, 0.5) is 21.7 Å². The Morgan fingerprint density at radius 3 is 2.67 bits per heavy atom. The van der Waals surface area contributed by atoms with Crippen molar-refractivity contribution >= 4 is 39.1 Å². The van der Waals surface area contributed by atoms with Crippen molar-refractivity contribution in [2.24, 2.45) is 0 Å². The number of aromatic nitrogens is 4. The van der Waals surface area contributed by atoms with Crippen molar-refractivity contribution in [3.05, 3.63) is 83.2 Å². The second kappa shape index (κ2) is 8.50. The zero-order valence-electron chi connectivity index (χ0n) is 18.8. The summed E-state index contributed by atoms with van der Waals surface area (Å²) in [7, 11) is 0. The van der Waals surface area contributed by atoms with Gasteiger partial charge in [-0.1, -0.05) is 24.3 Å². The molecule has 0 bridgehead atoms. The Labute approximate surface area is 191 Å². The number of hydrogen-bond donors (Lipinski definition) is 3. The average molecular weight is 441 g/mol. The lowest BCUT2D eigenvalue weighted by molar-refractivity contribution is 0.637. The lowest BCUT2D eigenvalue weighted by Crippen LogP contribution is -2.09. The van der Waals surface area contributed by atoms with Gasteiger partial charge in [-0.25, -0.2) is 14.4 Å². The van der Waals surface area contributed by atoms with Gasteiger partial charge in [-0.05, 0) is 56.5 Å². The van der Waals surface area contributed by atoms with Crippen molar-refractivity contribution in [2.45, 2.75) is 27.2 Å². The Kier molecular flexibility index (Phi) is 5.38. The number of rotatable bonds is 6. The molecule has 0 fully saturated rings. The minimum absolute atomic E-state index is 0.219. The Bertz CT molecular complexity index is 1470. The van der Waals surface area contributed by atoms with Gasteiger partial charge < -0.3 is 15.6 Å². The number of pyridine rings is 1. The van der Waals surface area contributed by atoms with Crippen molar-refractivity contribution < 1.29 is 4.39 Å². The Morgan fingerprint density at radius 1 is 0.970 bits per heavy atom. The maximum Gasteiger partial charge on any atom is 0.147 e. The first-order valence-electron chi connectivity index (χ1n) is 11.0. The molecule has 0 radical (unpaired) electrons. The van der Waals surface area contributed by atoms with Gasteiger partial charge in [0.15, 0.2) is 0 Å². The van der Waals surface area contributed by atoms with Crippen molar-refractivity contribution in [1.29, 1.82) is 0 Å². The van der Waals surface area contributed by atoms with Crippen LogP contribution in [0.5, 0.6) is 0 Å². The molecule has 0 atom stereocenters. The molecular weight excluding hydrogens is 415 g/mol. The molecule has 0 saturated carbocycles. The van der Waals surface area contributed by atoms with Crippen molar-refractivity contribution in [2.75, 3.05) is 17.2 Å². The lowest BCUT2D eigenvalue weighted by Gasteiger charge is -2.12. The van der Waals surface area contributed by atoms with Crippen LogP contribution >= 0.6 is 0 Å². The normalized spacial score (nSPS) is 11.3. The van der Waals surface area contributed by atoms with Gasteiger partial charge in [0.2, 0.25) is 0 Å². The van der Waals surface area contributed by atoms with Crippen LogP contribution in [0.25, 0.3) is 21.8 Å². The highest BCUT2D eigenvalue weighted by atomic mass is 19.1. The monoisotopic (exact) mass is 440 g/mol. The molecular formula is C26H25FN6. The van der Waals surface area contributed by atoms with Gasteiger partial charge in [0.05, 0.1) is 16.7 Å². The maximum absolute atomic E-state index is 14.2. The van der Waals surface area contributed by atoms with Gasteiger partial charge in [0.25, 0.3) is 0 Å². The van der Waals surface area contributed by atoms with E-state index in [4.69, 9.17) is 0 Å². The molecule has 0 aliphatic heterocycles. The fourth-order valence-corrected chi connectivity index (χ4v) is 4.34. The molecule has 3 aromatic heterocycles. The molecule has 0 aliphatic carbocycles. The molecule has 0 unspecified atom stereocenters. The Morgan fingerprint density at radius 2 is 1.79 bits per heavy atom. The molecule has 0 spiro atoms. The number of anilines is 3. The van der Waals surface area contributed by atoms with Crippen molar-refractivity contribution in [3.8, 4) is 0 Å². The molecule has 0 saturated heterocycles. The SMILES string of the molecule is Cc1nc(NCCc2c(C)[nH]c3c(F)ccc(C)c23)cc(Nc2cccc3cccnc23)n1. The topological polar surface area (TPSA) is 78.5 Å². The first-order valence-corrected chi connectivity index (χ1v) is 11.0. The molecule has 5 rings (SSSR count).